The van der Waals surface area contributed by atoms with Gasteiger partial charge in [0.1, 0.15) is 18.2 Å². The Labute approximate surface area is 174 Å². The van der Waals surface area contributed by atoms with Gasteiger partial charge in [0.05, 0.1) is 12.5 Å². The summed E-state index contributed by atoms with van der Waals surface area (Å²) in [7, 11) is 0. The lowest BCUT2D eigenvalue weighted by molar-refractivity contribution is 0.266. The monoisotopic (exact) mass is 402 g/mol. The topological polar surface area (TPSA) is 106 Å². The van der Waals surface area contributed by atoms with Gasteiger partial charge in [0.2, 0.25) is 11.8 Å². The van der Waals surface area contributed by atoms with E-state index in [1.54, 1.807) is 0 Å². The maximum Gasteiger partial charge on any atom is 0.244 e. The molecule has 30 heavy (non-hydrogen) atoms. The summed E-state index contributed by atoms with van der Waals surface area (Å²) >= 11 is 0. The summed E-state index contributed by atoms with van der Waals surface area (Å²) in [4.78, 5) is 0. The number of aromatic amines is 1. The molecule has 152 valence electrons. The zero-order valence-corrected chi connectivity index (χ0v) is 16.8. The molecule has 7 nitrogen and oxygen atoms in total. The highest BCUT2D eigenvalue weighted by Crippen LogP contribution is 2.47. The molecule has 0 spiro atoms. The molecule has 7 heteroatoms. The fourth-order valence-corrected chi connectivity index (χ4v) is 3.62. The number of nitrogens with zero attached hydrogens (tertiary/aromatic N) is 2. The lowest BCUT2D eigenvalue weighted by atomic mass is 9.83. The second-order valence-electron chi connectivity index (χ2n) is 6.87. The van der Waals surface area contributed by atoms with Gasteiger partial charge in [-0.15, -0.1) is 5.10 Å². The third-order valence-corrected chi connectivity index (χ3v) is 4.98. The number of benzene rings is 2. The molecule has 3 N–H and O–H groups in total. The first-order valence-corrected chi connectivity index (χ1v) is 9.68. The Morgan fingerprint density at radius 3 is 2.70 bits per heavy atom. The molecule has 1 aromatic heterocycles. The van der Waals surface area contributed by atoms with Crippen molar-refractivity contribution in [3.63, 3.8) is 0 Å². The minimum Gasteiger partial charge on any atom is -0.490 e. The first kappa shape index (κ1) is 19.4. The molecule has 0 bridgehead atoms. The molecule has 0 saturated heterocycles. The molecular formula is C23H22N4O3. The van der Waals surface area contributed by atoms with Gasteiger partial charge in [0.15, 0.2) is 11.5 Å². The van der Waals surface area contributed by atoms with E-state index in [1.165, 1.54) is 0 Å². The summed E-state index contributed by atoms with van der Waals surface area (Å²) < 4.78 is 17.7. The lowest BCUT2D eigenvalue weighted by Crippen LogP contribution is -2.21. The van der Waals surface area contributed by atoms with Crippen LogP contribution in [0.15, 0.2) is 60.0 Å². The first-order chi connectivity index (χ1) is 14.6. The van der Waals surface area contributed by atoms with Crippen molar-refractivity contribution < 1.29 is 14.2 Å². The minimum absolute atomic E-state index is 0.0392. The van der Waals surface area contributed by atoms with Gasteiger partial charge in [0.25, 0.3) is 0 Å². The summed E-state index contributed by atoms with van der Waals surface area (Å²) in [6.07, 6.45) is 0. The van der Waals surface area contributed by atoms with E-state index >= 15 is 0 Å². The molecule has 0 amide bonds. The number of hydrogen-bond acceptors (Lipinski definition) is 6. The van der Waals surface area contributed by atoms with Crippen LogP contribution in [0.2, 0.25) is 0 Å². The van der Waals surface area contributed by atoms with Crippen LogP contribution in [0, 0.1) is 18.3 Å². The van der Waals surface area contributed by atoms with Crippen molar-refractivity contribution >= 4 is 0 Å². The zero-order chi connectivity index (χ0) is 21.1. The quantitative estimate of drug-likeness (QED) is 0.647. The van der Waals surface area contributed by atoms with Gasteiger partial charge in [-0.25, -0.2) is 0 Å². The zero-order valence-electron chi connectivity index (χ0n) is 16.8. The molecule has 0 radical (unpaired) electrons. The Kier molecular flexibility index (Phi) is 5.31. The molecule has 4 rings (SSSR count). The molecule has 0 aliphatic carbocycles. The van der Waals surface area contributed by atoms with Crippen LogP contribution in [-0.4, -0.2) is 16.8 Å². The fraction of sp³-hybridized carbons (Fsp3) is 0.217. The summed E-state index contributed by atoms with van der Waals surface area (Å²) in [5.74, 6) is 1.10. The van der Waals surface area contributed by atoms with Crippen molar-refractivity contribution in [3.05, 3.63) is 82.4 Å². The molecule has 1 aliphatic rings. The van der Waals surface area contributed by atoms with Gasteiger partial charge in [-0.2, -0.15) is 5.26 Å². The predicted molar refractivity (Wildman–Crippen MR) is 111 cm³/mol. The molecule has 3 aromatic rings. The van der Waals surface area contributed by atoms with Crippen molar-refractivity contribution in [1.82, 2.24) is 10.2 Å². The number of aromatic nitrogens is 2. The summed E-state index contributed by atoms with van der Waals surface area (Å²) in [5.41, 5.74) is 9.73. The van der Waals surface area contributed by atoms with Crippen LogP contribution in [0.1, 0.15) is 35.2 Å². The van der Waals surface area contributed by atoms with Crippen molar-refractivity contribution in [3.8, 4) is 23.4 Å². The largest absolute Gasteiger partial charge is 0.490 e. The van der Waals surface area contributed by atoms with Crippen LogP contribution < -0.4 is 19.9 Å². The third-order valence-electron chi connectivity index (χ3n) is 4.98. The number of ether oxygens (including phenoxy) is 3. The van der Waals surface area contributed by atoms with E-state index in [9.17, 15) is 5.26 Å². The Bertz CT molecular complexity index is 1130. The van der Waals surface area contributed by atoms with Crippen LogP contribution >= 0.6 is 0 Å². The third kappa shape index (κ3) is 3.44. The van der Waals surface area contributed by atoms with Crippen molar-refractivity contribution in [2.75, 3.05) is 6.61 Å². The Morgan fingerprint density at radius 2 is 1.97 bits per heavy atom. The molecule has 2 heterocycles. The molecule has 0 unspecified atom stereocenters. The SMILES string of the molecule is CCOc1cccc([C@@H]2C(C#N)=C(N)Oc3n[nH]c(C)c32)c1OCc1ccccc1. The van der Waals surface area contributed by atoms with Gasteiger partial charge >= 0.3 is 0 Å². The van der Waals surface area contributed by atoms with Crippen LogP contribution in [0.3, 0.4) is 0 Å². The number of hydrogen-bond donors (Lipinski definition) is 2. The number of fused-ring (bicyclic) bond motifs is 1. The van der Waals surface area contributed by atoms with Gasteiger partial charge in [0, 0.05) is 16.8 Å². The molecule has 1 atom stereocenters. The van der Waals surface area contributed by atoms with Gasteiger partial charge in [-0.05, 0) is 25.5 Å². The lowest BCUT2D eigenvalue weighted by Gasteiger charge is -2.26. The van der Waals surface area contributed by atoms with Crippen molar-refractivity contribution in [1.29, 1.82) is 5.26 Å². The van der Waals surface area contributed by atoms with E-state index in [2.05, 4.69) is 16.3 Å². The highest BCUT2D eigenvalue weighted by atomic mass is 16.5. The number of nitriles is 1. The average molecular weight is 402 g/mol. The molecule has 1 aliphatic heterocycles. The van der Waals surface area contributed by atoms with E-state index in [-0.39, 0.29) is 5.88 Å². The summed E-state index contributed by atoms with van der Waals surface area (Å²) in [6, 6.07) is 17.7. The van der Waals surface area contributed by atoms with Crippen LogP contribution in [0.25, 0.3) is 0 Å². The Balaban J connectivity index is 1.84. The number of nitrogens with one attached hydrogen (secondary N) is 1. The van der Waals surface area contributed by atoms with Crippen LogP contribution in [0.5, 0.6) is 17.4 Å². The van der Waals surface area contributed by atoms with E-state index in [4.69, 9.17) is 19.9 Å². The highest BCUT2D eigenvalue weighted by molar-refractivity contribution is 5.60. The number of para-hydroxylation sites is 1. The van der Waals surface area contributed by atoms with Crippen molar-refractivity contribution in [2.24, 2.45) is 5.73 Å². The Morgan fingerprint density at radius 1 is 1.17 bits per heavy atom. The number of nitrogens with two attached hydrogens (primary N) is 1. The molecule has 0 fully saturated rings. The van der Waals surface area contributed by atoms with Gasteiger partial charge in [-0.3, -0.25) is 5.10 Å². The summed E-state index contributed by atoms with van der Waals surface area (Å²) in [6.45, 7) is 4.64. The molecular weight excluding hydrogens is 380 g/mol. The first-order valence-electron chi connectivity index (χ1n) is 9.68. The standard InChI is InChI=1S/C23H22N4O3/c1-3-28-18-11-7-10-16(21(18)29-13-15-8-5-4-6-9-15)20-17(12-24)22(25)30-23-19(20)14(2)26-27-23/h4-11,20H,3,13,25H2,1-2H3,(H,26,27)/t20-/m1/s1. The number of rotatable bonds is 6. The number of H-pyrrole nitrogens is 1. The van der Waals surface area contributed by atoms with E-state index < -0.39 is 5.92 Å². The Hall–Kier alpha value is -3.92. The minimum atomic E-state index is -0.483. The fourth-order valence-electron chi connectivity index (χ4n) is 3.62. The van der Waals surface area contributed by atoms with Crippen LogP contribution in [0.4, 0.5) is 0 Å². The van der Waals surface area contributed by atoms with E-state index in [0.29, 0.717) is 36.2 Å². The second kappa shape index (κ2) is 8.21. The number of allylic oxidation sites excluding steroid dienone is 1. The normalized spacial score (nSPS) is 15.2. The second-order valence-corrected chi connectivity index (χ2v) is 6.87. The maximum absolute atomic E-state index is 9.85. The van der Waals surface area contributed by atoms with E-state index in [0.717, 1.165) is 22.4 Å². The molecule has 0 saturated carbocycles. The predicted octanol–water partition coefficient (Wildman–Crippen LogP) is 3.91. The average Bonchev–Trinajstić information content (AvgIpc) is 3.12. The van der Waals surface area contributed by atoms with E-state index in [1.807, 2.05) is 62.4 Å². The van der Waals surface area contributed by atoms with Gasteiger partial charge < -0.3 is 19.9 Å². The van der Waals surface area contributed by atoms with Crippen LogP contribution in [-0.2, 0) is 6.61 Å². The van der Waals surface area contributed by atoms with Gasteiger partial charge in [-0.1, -0.05) is 42.5 Å². The smallest absolute Gasteiger partial charge is 0.244 e. The van der Waals surface area contributed by atoms with Crippen molar-refractivity contribution in [2.45, 2.75) is 26.4 Å². The maximum atomic E-state index is 9.85. The summed E-state index contributed by atoms with van der Waals surface area (Å²) in [5, 5.41) is 17.0. The highest BCUT2D eigenvalue weighted by Gasteiger charge is 2.36. The number of aryl methyl sites for hydroxylation is 1. The molecule has 2 aromatic carbocycles.